The Balaban J connectivity index is 1.69. The SMILES string of the molecule is CCc1[nH]n(-c2c(Cl)cc(Cl)cc2Cl)c2nc(Cc3ccc(NC(=O)CN(C)C)cc3)nc(=O)c1-2. The Hall–Kier alpha value is -2.91. The van der Waals surface area contributed by atoms with Crippen LogP contribution in [0.25, 0.3) is 17.1 Å². The van der Waals surface area contributed by atoms with Gasteiger partial charge in [-0.1, -0.05) is 53.9 Å². The van der Waals surface area contributed by atoms with E-state index >= 15 is 0 Å². The van der Waals surface area contributed by atoms with Crippen molar-refractivity contribution in [2.45, 2.75) is 19.8 Å². The van der Waals surface area contributed by atoms with Gasteiger partial charge in [0.15, 0.2) is 5.82 Å². The molecule has 2 aromatic rings. The van der Waals surface area contributed by atoms with Gasteiger partial charge in [0.05, 0.1) is 16.6 Å². The fourth-order valence-electron chi connectivity index (χ4n) is 3.76. The lowest BCUT2D eigenvalue weighted by molar-refractivity contribution is -0.116. The number of halogens is 3. The van der Waals surface area contributed by atoms with Crippen molar-refractivity contribution in [3.63, 3.8) is 0 Å². The Kier molecular flexibility index (Phi) is 7.47. The molecule has 182 valence electrons. The highest BCUT2D eigenvalue weighted by atomic mass is 35.5. The Morgan fingerprint density at radius 3 is 2.34 bits per heavy atom. The molecule has 0 atom stereocenters. The highest BCUT2D eigenvalue weighted by molar-refractivity contribution is 6.40. The number of amides is 1. The molecule has 0 aliphatic carbocycles. The van der Waals surface area contributed by atoms with E-state index in [1.54, 1.807) is 33.8 Å². The molecule has 4 rings (SSSR count). The number of carbonyl (C=O) groups is 1. The van der Waals surface area contributed by atoms with E-state index in [1.165, 1.54) is 0 Å². The fraction of sp³-hybridized carbons (Fsp3) is 0.250. The minimum Gasteiger partial charge on any atom is -0.325 e. The van der Waals surface area contributed by atoms with E-state index in [0.29, 0.717) is 68.7 Å². The zero-order valence-electron chi connectivity index (χ0n) is 19.3. The third-order valence-corrected chi connectivity index (χ3v) is 6.08. The maximum absolute atomic E-state index is 13.0. The summed E-state index contributed by atoms with van der Waals surface area (Å²) in [5.41, 5.74) is 2.70. The van der Waals surface area contributed by atoms with Crippen LogP contribution < -0.4 is 10.9 Å². The summed E-state index contributed by atoms with van der Waals surface area (Å²) in [6, 6.07) is 10.5. The van der Waals surface area contributed by atoms with E-state index in [-0.39, 0.29) is 11.5 Å². The van der Waals surface area contributed by atoms with E-state index < -0.39 is 0 Å². The van der Waals surface area contributed by atoms with Gasteiger partial charge in [0, 0.05) is 22.8 Å². The number of nitrogens with one attached hydrogen (secondary N) is 2. The lowest BCUT2D eigenvalue weighted by Crippen LogP contribution is -2.27. The molecule has 0 bridgehead atoms. The second-order valence-electron chi connectivity index (χ2n) is 8.30. The minimum atomic E-state index is -0.384. The van der Waals surface area contributed by atoms with Gasteiger partial charge in [0.2, 0.25) is 5.91 Å². The molecule has 2 N–H and O–H groups in total. The Morgan fingerprint density at radius 2 is 1.74 bits per heavy atom. The second-order valence-corrected chi connectivity index (χ2v) is 9.55. The Labute approximate surface area is 217 Å². The third-order valence-electron chi connectivity index (χ3n) is 5.28. The van der Waals surface area contributed by atoms with Crippen LogP contribution in [-0.2, 0) is 17.6 Å². The maximum atomic E-state index is 13.0. The zero-order chi connectivity index (χ0) is 25.3. The predicted molar refractivity (Wildman–Crippen MR) is 139 cm³/mol. The van der Waals surface area contributed by atoms with Crippen LogP contribution >= 0.6 is 34.8 Å². The van der Waals surface area contributed by atoms with Crippen LogP contribution in [0.2, 0.25) is 15.1 Å². The number of H-pyrrole nitrogens is 1. The molecular weight excluding hydrogens is 511 g/mol. The minimum absolute atomic E-state index is 0.101. The monoisotopic (exact) mass is 532 g/mol. The first-order chi connectivity index (χ1) is 16.7. The number of aromatic amines is 1. The average molecular weight is 534 g/mol. The molecule has 0 fully saturated rings. The molecule has 0 spiro atoms. The van der Waals surface area contributed by atoms with Gasteiger partial charge in [-0.05, 0) is 50.3 Å². The molecule has 0 unspecified atom stereocenters. The molecule has 35 heavy (non-hydrogen) atoms. The highest BCUT2D eigenvalue weighted by Crippen LogP contribution is 2.35. The van der Waals surface area contributed by atoms with E-state index in [9.17, 15) is 9.59 Å². The molecule has 1 amide bonds. The first-order valence-electron chi connectivity index (χ1n) is 10.8. The lowest BCUT2D eigenvalue weighted by atomic mass is 10.1. The van der Waals surface area contributed by atoms with Crippen LogP contribution in [0, 0.1) is 0 Å². The van der Waals surface area contributed by atoms with Crippen molar-refractivity contribution in [2.24, 2.45) is 0 Å². The summed E-state index contributed by atoms with van der Waals surface area (Å²) in [6.07, 6.45) is 0.886. The number of benzene rings is 2. The smallest absolute Gasteiger partial charge is 0.284 e. The van der Waals surface area contributed by atoms with Crippen LogP contribution in [0.1, 0.15) is 24.0 Å². The molecule has 0 saturated heterocycles. The van der Waals surface area contributed by atoms with Crippen LogP contribution in [0.5, 0.6) is 0 Å². The third kappa shape index (κ3) is 5.51. The summed E-state index contributed by atoms with van der Waals surface area (Å²) in [4.78, 5) is 35.6. The van der Waals surface area contributed by atoms with Crippen LogP contribution in [-0.4, -0.2) is 51.2 Å². The highest BCUT2D eigenvalue weighted by Gasteiger charge is 2.25. The van der Waals surface area contributed by atoms with Gasteiger partial charge in [-0.2, -0.15) is 4.98 Å². The average Bonchev–Trinajstić information content (AvgIpc) is 3.12. The largest absolute Gasteiger partial charge is 0.325 e. The molecule has 2 aliphatic heterocycles. The van der Waals surface area contributed by atoms with Crippen LogP contribution in [0.15, 0.2) is 41.2 Å². The number of aromatic nitrogens is 4. The van der Waals surface area contributed by atoms with Gasteiger partial charge in [-0.15, -0.1) is 0 Å². The van der Waals surface area contributed by atoms with Crippen molar-refractivity contribution in [2.75, 3.05) is 26.0 Å². The van der Waals surface area contributed by atoms with Gasteiger partial charge < -0.3 is 10.2 Å². The molecule has 2 heterocycles. The first-order valence-corrected chi connectivity index (χ1v) is 12.0. The normalized spacial score (nSPS) is 11.4. The van der Waals surface area contributed by atoms with Crippen molar-refractivity contribution in [1.82, 2.24) is 24.6 Å². The molecule has 0 radical (unpaired) electrons. The van der Waals surface area contributed by atoms with E-state index in [1.807, 2.05) is 33.2 Å². The summed E-state index contributed by atoms with van der Waals surface area (Å²) >= 11 is 19.0. The number of hydrogen-bond donors (Lipinski definition) is 2. The zero-order valence-corrected chi connectivity index (χ0v) is 21.6. The van der Waals surface area contributed by atoms with Gasteiger partial charge in [0.1, 0.15) is 17.1 Å². The molecule has 2 aliphatic rings. The molecule has 8 nitrogen and oxygen atoms in total. The topological polar surface area (TPSA) is 95.9 Å². The van der Waals surface area contributed by atoms with E-state index in [2.05, 4.69) is 20.4 Å². The summed E-state index contributed by atoms with van der Waals surface area (Å²) in [5, 5.41) is 7.06. The summed E-state index contributed by atoms with van der Waals surface area (Å²) in [6.45, 7) is 2.22. The molecule has 11 heteroatoms. The molecule has 2 aromatic carbocycles. The van der Waals surface area contributed by atoms with E-state index in [4.69, 9.17) is 34.8 Å². The standard InChI is InChI=1S/C24H23Cl3N6O2/c1-4-18-21-23(33(31-18)22-16(26)10-14(25)11-17(22)27)29-19(30-24(21)35)9-13-5-7-15(8-6-13)28-20(34)12-32(2)3/h5-8,10-11,31H,4,9,12H2,1-3H3,(H,28,34). The van der Waals surface area contributed by atoms with E-state index in [0.717, 1.165) is 5.56 Å². The number of fused-ring (bicyclic) bond motifs is 1. The molecule has 0 saturated carbocycles. The quantitative estimate of drug-likeness (QED) is 0.360. The van der Waals surface area contributed by atoms with Crippen LogP contribution in [0.4, 0.5) is 5.69 Å². The van der Waals surface area contributed by atoms with Crippen molar-refractivity contribution >= 4 is 46.4 Å². The van der Waals surface area contributed by atoms with Gasteiger partial charge in [0.25, 0.3) is 5.56 Å². The first kappa shape index (κ1) is 25.2. The number of hydrogen-bond acceptors (Lipinski definition) is 5. The lowest BCUT2D eigenvalue weighted by Gasteiger charge is -2.12. The molecular formula is C24H23Cl3N6O2. The number of anilines is 1. The summed E-state index contributed by atoms with van der Waals surface area (Å²) in [7, 11) is 3.66. The van der Waals surface area contributed by atoms with Gasteiger partial charge in [-0.25, -0.2) is 9.67 Å². The van der Waals surface area contributed by atoms with Crippen molar-refractivity contribution in [1.29, 1.82) is 0 Å². The number of nitrogens with zero attached hydrogens (tertiary/aromatic N) is 4. The predicted octanol–water partition coefficient (Wildman–Crippen LogP) is 4.67. The second kappa shape index (κ2) is 10.4. The number of carbonyl (C=O) groups excluding carboxylic acids is 1. The summed E-state index contributed by atoms with van der Waals surface area (Å²) in [5.74, 6) is 0.634. The van der Waals surface area contributed by atoms with Crippen molar-refractivity contribution in [3.05, 3.63) is 78.9 Å². The Bertz CT molecular complexity index is 1390. The number of aryl methyl sites for hydroxylation is 1. The van der Waals surface area contributed by atoms with Crippen molar-refractivity contribution < 1.29 is 4.79 Å². The maximum Gasteiger partial charge on any atom is 0.284 e. The van der Waals surface area contributed by atoms with Gasteiger partial charge in [-0.3, -0.25) is 14.7 Å². The Morgan fingerprint density at radius 1 is 1.09 bits per heavy atom. The van der Waals surface area contributed by atoms with Crippen molar-refractivity contribution in [3.8, 4) is 17.1 Å². The fourth-order valence-corrected chi connectivity index (χ4v) is 4.75. The van der Waals surface area contributed by atoms with Gasteiger partial charge >= 0.3 is 0 Å². The summed E-state index contributed by atoms with van der Waals surface area (Å²) < 4.78 is 1.60. The number of likely N-dealkylation sites (N-methyl/N-ethyl adjacent to an activating group) is 1. The molecule has 0 aromatic heterocycles. The number of rotatable bonds is 7. The van der Waals surface area contributed by atoms with Crippen LogP contribution in [0.3, 0.4) is 0 Å².